The van der Waals surface area contributed by atoms with Gasteiger partial charge in [-0.2, -0.15) is 0 Å². The van der Waals surface area contributed by atoms with Gasteiger partial charge >= 0.3 is 17.9 Å². The number of carbonyl (C=O) groups is 3. The predicted octanol–water partition coefficient (Wildman–Crippen LogP) is 6.66. The molecule has 0 aliphatic heterocycles. The minimum absolute atomic E-state index is 0. The van der Waals surface area contributed by atoms with Crippen molar-refractivity contribution in [3.05, 3.63) is 0 Å². The first-order valence-corrected chi connectivity index (χ1v) is 11.6. The van der Waals surface area contributed by atoms with Crippen molar-refractivity contribution in [1.29, 1.82) is 0 Å². The van der Waals surface area contributed by atoms with Crippen LogP contribution in [0, 0.1) is 0 Å². The van der Waals surface area contributed by atoms with E-state index in [1.165, 1.54) is 83.5 Å². The van der Waals surface area contributed by atoms with Crippen LogP contribution in [0.1, 0.15) is 129 Å². The molecule has 0 rings (SSSR count). The van der Waals surface area contributed by atoms with Crippen LogP contribution in [0.4, 0.5) is 0 Å². The molecule has 0 aromatic carbocycles. The minimum Gasteiger partial charge on any atom is -0.481 e. The summed E-state index contributed by atoms with van der Waals surface area (Å²) in [6.07, 6.45) is 20.3. The van der Waals surface area contributed by atoms with Crippen molar-refractivity contribution in [2.24, 2.45) is 0 Å². The molecule has 0 aromatic heterocycles. The maximum atomic E-state index is 10.3. The summed E-state index contributed by atoms with van der Waals surface area (Å²) >= 11 is 0. The molecule has 0 spiro atoms. The van der Waals surface area contributed by atoms with Gasteiger partial charge in [0.05, 0.1) is 0 Å². The van der Waals surface area contributed by atoms with Gasteiger partial charge in [0.25, 0.3) is 0 Å². The Hall–Kier alpha value is -0.850. The Morgan fingerprint density at radius 3 is 0.933 bits per heavy atom. The summed E-state index contributed by atoms with van der Waals surface area (Å²) in [5.74, 6) is -2.55. The molecule has 183 valence electrons. The smallest absolute Gasteiger partial charge is 0.303 e. The quantitative estimate of drug-likeness (QED) is 0.121. The Morgan fingerprint density at radius 2 is 0.667 bits per heavy atom. The summed E-state index contributed by atoms with van der Waals surface area (Å²) in [4.78, 5) is 29.9. The van der Waals surface area contributed by atoms with Crippen LogP contribution in [0.3, 0.4) is 0 Å². The zero-order valence-corrected chi connectivity index (χ0v) is 20.3. The van der Waals surface area contributed by atoms with E-state index in [0.717, 1.165) is 12.8 Å². The van der Waals surface area contributed by atoms with Crippen molar-refractivity contribution in [3.8, 4) is 0 Å². The van der Waals surface area contributed by atoms with Crippen LogP contribution in [-0.2, 0) is 36.8 Å². The summed E-state index contributed by atoms with van der Waals surface area (Å²) in [6, 6.07) is 0. The van der Waals surface area contributed by atoms with Gasteiger partial charge in [0.1, 0.15) is 0 Å². The third kappa shape index (κ3) is 37.8. The van der Waals surface area contributed by atoms with Crippen LogP contribution >= 0.6 is 0 Å². The largest absolute Gasteiger partial charge is 0.481 e. The first kappa shape index (κ1) is 33.8. The van der Waals surface area contributed by atoms with Gasteiger partial charge < -0.3 is 15.3 Å². The Kier molecular flexibility index (Phi) is 31.7. The van der Waals surface area contributed by atoms with Gasteiger partial charge in [-0.15, -0.1) is 0 Å². The van der Waals surface area contributed by atoms with Crippen LogP contribution in [0.5, 0.6) is 0 Å². The third-order valence-corrected chi connectivity index (χ3v) is 4.78. The van der Waals surface area contributed by atoms with Crippen molar-refractivity contribution in [1.82, 2.24) is 0 Å². The number of hydrogen-bond donors (Lipinski definition) is 3. The molecule has 0 saturated carbocycles. The van der Waals surface area contributed by atoms with E-state index in [9.17, 15) is 14.4 Å². The molecule has 0 aliphatic carbocycles. The molecule has 0 aromatic rings. The fourth-order valence-electron chi connectivity index (χ4n) is 3.04. The molecule has 0 heterocycles. The molecule has 0 bridgehead atoms. The molecule has 0 atom stereocenters. The standard InChI is InChI=1S/C18H36O2.C5H8O4.Ag/c1-2-3-4-5-6-7-8-9-10-11-12-13-14-15-16-17-18(19)20;6-4(7)2-1-3-5(8)9;/h2-17H2,1H3,(H,19,20);1-3H2,(H,6,7)(H,8,9);. The van der Waals surface area contributed by atoms with E-state index < -0.39 is 17.9 Å². The molecular formula is C23H44AgO6. The summed E-state index contributed by atoms with van der Waals surface area (Å²) in [5, 5.41) is 24.6. The molecule has 3 N–H and O–H groups in total. The molecule has 0 aliphatic rings. The fraction of sp³-hybridized carbons (Fsp3) is 0.870. The van der Waals surface area contributed by atoms with E-state index in [4.69, 9.17) is 15.3 Å². The van der Waals surface area contributed by atoms with Gasteiger partial charge in [0.2, 0.25) is 0 Å². The third-order valence-electron chi connectivity index (χ3n) is 4.78. The Morgan fingerprint density at radius 1 is 0.433 bits per heavy atom. The molecule has 0 saturated heterocycles. The van der Waals surface area contributed by atoms with Gasteiger partial charge in [0, 0.05) is 41.6 Å². The zero-order chi connectivity index (χ0) is 22.2. The van der Waals surface area contributed by atoms with Gasteiger partial charge in [0.15, 0.2) is 0 Å². The first-order chi connectivity index (χ1) is 13.9. The van der Waals surface area contributed by atoms with Crippen LogP contribution in [0.25, 0.3) is 0 Å². The molecule has 6 nitrogen and oxygen atoms in total. The van der Waals surface area contributed by atoms with Crippen molar-refractivity contribution in [2.45, 2.75) is 129 Å². The summed E-state index contributed by atoms with van der Waals surface area (Å²) in [5.41, 5.74) is 0. The Balaban J connectivity index is -0.000000616. The second-order valence-corrected chi connectivity index (χ2v) is 7.73. The van der Waals surface area contributed by atoms with E-state index >= 15 is 0 Å². The van der Waals surface area contributed by atoms with Gasteiger partial charge in [-0.25, -0.2) is 0 Å². The topological polar surface area (TPSA) is 112 Å². The first-order valence-electron chi connectivity index (χ1n) is 11.6. The molecule has 7 heteroatoms. The number of carboxylic acid groups (broad SMARTS) is 3. The zero-order valence-electron chi connectivity index (χ0n) is 18.8. The maximum Gasteiger partial charge on any atom is 0.303 e. The fourth-order valence-corrected chi connectivity index (χ4v) is 3.04. The maximum absolute atomic E-state index is 10.3. The molecule has 0 amide bonds. The Bertz CT molecular complexity index is 387. The SMILES string of the molecule is CCCCCCCCCCCCCCCCCC(=O)O.O=C(O)CCCC(=O)O.[Ag]. The van der Waals surface area contributed by atoms with Gasteiger partial charge in [-0.05, 0) is 12.8 Å². The van der Waals surface area contributed by atoms with Crippen LogP contribution < -0.4 is 0 Å². The normalized spacial score (nSPS) is 9.90. The molecular weight excluding hydrogens is 480 g/mol. The number of hydrogen-bond acceptors (Lipinski definition) is 3. The monoisotopic (exact) mass is 523 g/mol. The van der Waals surface area contributed by atoms with E-state index in [2.05, 4.69) is 6.92 Å². The minimum atomic E-state index is -0.948. The molecule has 0 fully saturated rings. The number of rotatable bonds is 20. The number of carboxylic acids is 3. The van der Waals surface area contributed by atoms with E-state index in [-0.39, 0.29) is 41.6 Å². The van der Waals surface area contributed by atoms with Crippen LogP contribution in [-0.4, -0.2) is 33.2 Å². The van der Waals surface area contributed by atoms with E-state index in [1.54, 1.807) is 0 Å². The predicted molar refractivity (Wildman–Crippen MR) is 116 cm³/mol. The summed E-state index contributed by atoms with van der Waals surface area (Å²) in [6.45, 7) is 2.27. The van der Waals surface area contributed by atoms with Crippen LogP contribution in [0.2, 0.25) is 0 Å². The summed E-state index contributed by atoms with van der Waals surface area (Å²) < 4.78 is 0. The average molecular weight is 524 g/mol. The van der Waals surface area contributed by atoms with E-state index in [1.807, 2.05) is 0 Å². The number of aliphatic carboxylic acids is 3. The number of unbranched alkanes of at least 4 members (excludes halogenated alkanes) is 14. The van der Waals surface area contributed by atoms with Gasteiger partial charge in [-0.1, -0.05) is 96.8 Å². The second kappa shape index (κ2) is 28.2. The van der Waals surface area contributed by atoms with E-state index in [0.29, 0.717) is 6.42 Å². The summed E-state index contributed by atoms with van der Waals surface area (Å²) in [7, 11) is 0. The van der Waals surface area contributed by atoms with Crippen molar-refractivity contribution in [2.75, 3.05) is 0 Å². The molecule has 1 radical (unpaired) electrons. The molecule has 0 unspecified atom stereocenters. The van der Waals surface area contributed by atoms with Gasteiger partial charge in [-0.3, -0.25) is 14.4 Å². The molecule has 30 heavy (non-hydrogen) atoms. The second-order valence-electron chi connectivity index (χ2n) is 7.73. The van der Waals surface area contributed by atoms with Crippen molar-refractivity contribution >= 4 is 17.9 Å². The Labute approximate surface area is 198 Å². The van der Waals surface area contributed by atoms with Crippen molar-refractivity contribution < 1.29 is 52.1 Å². The van der Waals surface area contributed by atoms with Crippen LogP contribution in [0.15, 0.2) is 0 Å². The average Bonchev–Trinajstić information content (AvgIpc) is 2.64. The van der Waals surface area contributed by atoms with Crippen molar-refractivity contribution in [3.63, 3.8) is 0 Å².